The molecule has 0 aromatic heterocycles. The maximum atomic E-state index is 12.7. The largest absolute Gasteiger partial charge is 0.368 e. The molecular weight excluding hydrogens is 310 g/mol. The van der Waals surface area contributed by atoms with E-state index >= 15 is 0 Å². The van der Waals surface area contributed by atoms with E-state index in [1.54, 1.807) is 0 Å². The van der Waals surface area contributed by atoms with Gasteiger partial charge in [0.2, 0.25) is 0 Å². The number of rotatable bonds is 3. The van der Waals surface area contributed by atoms with E-state index in [1.807, 2.05) is 35.0 Å². The zero-order chi connectivity index (χ0) is 17.8. The van der Waals surface area contributed by atoms with Gasteiger partial charge in [0.1, 0.15) is 0 Å². The van der Waals surface area contributed by atoms with Crippen LogP contribution in [0.15, 0.2) is 48.5 Å². The Morgan fingerprint density at radius 2 is 1.64 bits per heavy atom. The number of aryl methyl sites for hydroxylation is 1. The first-order valence-electron chi connectivity index (χ1n) is 8.91. The van der Waals surface area contributed by atoms with E-state index in [0.29, 0.717) is 6.54 Å². The molecule has 1 aliphatic rings. The smallest absolute Gasteiger partial charge is 0.320 e. The van der Waals surface area contributed by atoms with Gasteiger partial charge in [-0.05, 0) is 36.6 Å². The molecule has 3 rings (SSSR count). The summed E-state index contributed by atoms with van der Waals surface area (Å²) in [4.78, 5) is 18.9. The zero-order valence-corrected chi connectivity index (χ0v) is 15.4. The molecule has 0 aliphatic carbocycles. The summed E-state index contributed by atoms with van der Waals surface area (Å²) in [5.74, 6) is 0. The molecule has 1 fully saturated rings. The number of carbonyl (C=O) groups excluding carboxylic acids is 1. The van der Waals surface area contributed by atoms with Crippen molar-refractivity contribution in [1.29, 1.82) is 0 Å². The number of carbonyl (C=O) groups is 1. The maximum Gasteiger partial charge on any atom is 0.320 e. The van der Waals surface area contributed by atoms with Crippen molar-refractivity contribution in [3.05, 3.63) is 65.2 Å². The van der Waals surface area contributed by atoms with Crippen LogP contribution < -0.4 is 4.90 Å². The van der Waals surface area contributed by atoms with Crippen molar-refractivity contribution in [1.82, 2.24) is 9.80 Å². The molecule has 4 nitrogen and oxygen atoms in total. The number of hydrogen-bond acceptors (Lipinski definition) is 2. The predicted octanol–water partition coefficient (Wildman–Crippen LogP) is 3.68. The standard InChI is InChI=1S/C21H27N3O/c1-17-8-7-11-20(18(17)2)23-12-14-24(15-13-23)21(25)22(3)16-19-9-5-4-6-10-19/h4-11H,12-16H2,1-3H3. The van der Waals surface area contributed by atoms with Gasteiger partial charge >= 0.3 is 6.03 Å². The van der Waals surface area contributed by atoms with Gasteiger partial charge in [0.25, 0.3) is 0 Å². The summed E-state index contributed by atoms with van der Waals surface area (Å²) in [5, 5.41) is 0. The third-order valence-electron chi connectivity index (χ3n) is 5.06. The molecule has 25 heavy (non-hydrogen) atoms. The molecule has 0 spiro atoms. The van der Waals surface area contributed by atoms with Gasteiger partial charge < -0.3 is 14.7 Å². The van der Waals surface area contributed by atoms with Crippen LogP contribution in [-0.2, 0) is 6.54 Å². The Hall–Kier alpha value is -2.49. The molecule has 0 saturated carbocycles. The second-order valence-electron chi connectivity index (χ2n) is 6.82. The first kappa shape index (κ1) is 17.3. The summed E-state index contributed by atoms with van der Waals surface area (Å²) in [6.45, 7) is 8.28. The van der Waals surface area contributed by atoms with E-state index in [-0.39, 0.29) is 6.03 Å². The molecule has 2 aromatic rings. The van der Waals surface area contributed by atoms with Crippen LogP contribution in [-0.4, -0.2) is 49.1 Å². The van der Waals surface area contributed by atoms with Crippen LogP contribution in [0.1, 0.15) is 16.7 Å². The quantitative estimate of drug-likeness (QED) is 0.854. The van der Waals surface area contributed by atoms with Crippen LogP contribution in [0.3, 0.4) is 0 Å². The number of amides is 2. The second-order valence-corrected chi connectivity index (χ2v) is 6.82. The summed E-state index contributed by atoms with van der Waals surface area (Å²) >= 11 is 0. The van der Waals surface area contributed by atoms with Crippen molar-refractivity contribution in [3.8, 4) is 0 Å². The molecule has 4 heteroatoms. The molecule has 1 aliphatic heterocycles. The number of urea groups is 1. The number of nitrogens with zero attached hydrogens (tertiary/aromatic N) is 3. The van der Waals surface area contributed by atoms with Gasteiger partial charge in [-0.25, -0.2) is 4.79 Å². The van der Waals surface area contributed by atoms with Crippen molar-refractivity contribution in [2.45, 2.75) is 20.4 Å². The van der Waals surface area contributed by atoms with Crippen LogP contribution in [0, 0.1) is 13.8 Å². The molecule has 0 bridgehead atoms. The summed E-state index contributed by atoms with van der Waals surface area (Å²) in [6, 6.07) is 16.7. The summed E-state index contributed by atoms with van der Waals surface area (Å²) in [5.41, 5.74) is 5.11. The van der Waals surface area contributed by atoms with Gasteiger partial charge in [0.15, 0.2) is 0 Å². The maximum absolute atomic E-state index is 12.7. The lowest BCUT2D eigenvalue weighted by Crippen LogP contribution is -2.52. The van der Waals surface area contributed by atoms with E-state index in [4.69, 9.17) is 0 Å². The average molecular weight is 337 g/mol. The van der Waals surface area contributed by atoms with Crippen molar-refractivity contribution in [3.63, 3.8) is 0 Å². The fourth-order valence-electron chi connectivity index (χ4n) is 3.38. The second kappa shape index (κ2) is 7.60. The molecular formula is C21H27N3O. The van der Waals surface area contributed by atoms with E-state index in [1.165, 1.54) is 16.8 Å². The van der Waals surface area contributed by atoms with E-state index in [0.717, 1.165) is 31.7 Å². The Morgan fingerprint density at radius 1 is 0.960 bits per heavy atom. The van der Waals surface area contributed by atoms with Crippen molar-refractivity contribution < 1.29 is 4.79 Å². The van der Waals surface area contributed by atoms with E-state index in [2.05, 4.69) is 49.1 Å². The third kappa shape index (κ3) is 3.95. The van der Waals surface area contributed by atoms with E-state index in [9.17, 15) is 4.79 Å². The lowest BCUT2D eigenvalue weighted by Gasteiger charge is -2.38. The van der Waals surface area contributed by atoms with Gasteiger partial charge in [-0.2, -0.15) is 0 Å². The van der Waals surface area contributed by atoms with Crippen molar-refractivity contribution in [2.75, 3.05) is 38.1 Å². The van der Waals surface area contributed by atoms with Gasteiger partial charge in [0, 0.05) is 45.5 Å². The lowest BCUT2D eigenvalue weighted by molar-refractivity contribution is 0.157. The SMILES string of the molecule is Cc1cccc(N2CCN(C(=O)N(C)Cc3ccccc3)CC2)c1C. The molecule has 1 heterocycles. The zero-order valence-electron chi connectivity index (χ0n) is 15.4. The summed E-state index contributed by atoms with van der Waals surface area (Å²) in [6.07, 6.45) is 0. The van der Waals surface area contributed by atoms with Gasteiger partial charge in [-0.15, -0.1) is 0 Å². The minimum Gasteiger partial charge on any atom is -0.368 e. The highest BCUT2D eigenvalue weighted by Gasteiger charge is 2.24. The highest BCUT2D eigenvalue weighted by atomic mass is 16.2. The van der Waals surface area contributed by atoms with E-state index < -0.39 is 0 Å². The molecule has 0 unspecified atom stereocenters. The molecule has 1 saturated heterocycles. The van der Waals surface area contributed by atoms with Crippen LogP contribution in [0.5, 0.6) is 0 Å². The Bertz CT molecular complexity index is 721. The van der Waals surface area contributed by atoms with Crippen molar-refractivity contribution in [2.24, 2.45) is 0 Å². The van der Waals surface area contributed by atoms with Crippen molar-refractivity contribution >= 4 is 11.7 Å². The topological polar surface area (TPSA) is 26.8 Å². The molecule has 2 amide bonds. The predicted molar refractivity (Wildman–Crippen MR) is 103 cm³/mol. The highest BCUT2D eigenvalue weighted by Crippen LogP contribution is 2.24. The van der Waals surface area contributed by atoms with Crippen LogP contribution in [0.4, 0.5) is 10.5 Å². The normalized spacial score (nSPS) is 14.5. The van der Waals surface area contributed by atoms with Crippen LogP contribution >= 0.6 is 0 Å². The molecule has 2 aromatic carbocycles. The lowest BCUT2D eigenvalue weighted by atomic mass is 10.1. The molecule has 0 N–H and O–H groups in total. The van der Waals surface area contributed by atoms with Gasteiger partial charge in [-0.3, -0.25) is 0 Å². The fraction of sp³-hybridized carbons (Fsp3) is 0.381. The monoisotopic (exact) mass is 337 g/mol. The number of piperazine rings is 1. The Morgan fingerprint density at radius 3 is 2.32 bits per heavy atom. The Kier molecular flexibility index (Phi) is 5.27. The number of benzene rings is 2. The third-order valence-corrected chi connectivity index (χ3v) is 5.06. The summed E-state index contributed by atoms with van der Waals surface area (Å²) in [7, 11) is 1.88. The fourth-order valence-corrected chi connectivity index (χ4v) is 3.38. The Labute approximate surface area is 150 Å². The van der Waals surface area contributed by atoms with Crippen LogP contribution in [0.2, 0.25) is 0 Å². The first-order valence-corrected chi connectivity index (χ1v) is 8.91. The highest BCUT2D eigenvalue weighted by molar-refractivity contribution is 5.74. The first-order chi connectivity index (χ1) is 12.1. The Balaban J connectivity index is 1.58. The minimum absolute atomic E-state index is 0.115. The molecule has 132 valence electrons. The molecule has 0 radical (unpaired) electrons. The molecule has 0 atom stereocenters. The minimum atomic E-state index is 0.115. The van der Waals surface area contributed by atoms with Crippen LogP contribution in [0.25, 0.3) is 0 Å². The number of anilines is 1. The summed E-state index contributed by atoms with van der Waals surface area (Å²) < 4.78 is 0. The van der Waals surface area contributed by atoms with Gasteiger partial charge in [0.05, 0.1) is 0 Å². The average Bonchev–Trinajstić information content (AvgIpc) is 2.64. The van der Waals surface area contributed by atoms with Gasteiger partial charge in [-0.1, -0.05) is 42.5 Å². The number of hydrogen-bond donors (Lipinski definition) is 0.